The molecule has 27 heavy (non-hydrogen) atoms. The van der Waals surface area contributed by atoms with E-state index in [0.717, 1.165) is 19.3 Å². The molecule has 0 radical (unpaired) electrons. The first kappa shape index (κ1) is 23.9. The van der Waals surface area contributed by atoms with Gasteiger partial charge in [-0.05, 0) is 37.0 Å². The fraction of sp³-hybridized carbons (Fsp3) is 0.773. The largest absolute Gasteiger partial charge is 0.481 e. The van der Waals surface area contributed by atoms with Crippen LogP contribution in [0.5, 0.6) is 0 Å². The lowest BCUT2D eigenvalue weighted by Crippen LogP contribution is -2.28. The van der Waals surface area contributed by atoms with Crippen LogP contribution < -0.4 is 0 Å². The maximum absolute atomic E-state index is 10.5. The second-order valence-electron chi connectivity index (χ2n) is 8.53. The number of rotatable bonds is 12. The maximum Gasteiger partial charge on any atom is 0.303 e. The van der Waals surface area contributed by atoms with Gasteiger partial charge in [-0.1, -0.05) is 57.9 Å². The van der Waals surface area contributed by atoms with Gasteiger partial charge >= 0.3 is 5.97 Å². The molecule has 0 aromatic carbocycles. The Morgan fingerprint density at radius 2 is 1.89 bits per heavy atom. The Labute approximate surface area is 163 Å². The molecule has 0 spiro atoms. The van der Waals surface area contributed by atoms with E-state index in [0.29, 0.717) is 25.7 Å². The molecule has 0 aromatic rings. The van der Waals surface area contributed by atoms with Crippen molar-refractivity contribution >= 4 is 5.97 Å². The lowest BCUT2D eigenvalue weighted by molar-refractivity contribution is -0.137. The van der Waals surface area contributed by atoms with Gasteiger partial charge in [0.25, 0.3) is 0 Å². The molecule has 1 rings (SSSR count). The van der Waals surface area contributed by atoms with Crippen molar-refractivity contribution in [3.8, 4) is 0 Å². The standard InChI is InChI=1S/C22H38O5/c1-4-5-14-22(2,3)20(25)13-12-17-16(18(23)15-19(17)24)10-8-6-7-9-11-21(26)27/h6,8,12-13,16-20,23-25H,4-5,7,9-11,14-15H2,1-3H3,(H,26,27)/t16-,17-,18-,19-,20-/m1/s1. The van der Waals surface area contributed by atoms with E-state index in [1.807, 2.05) is 18.2 Å². The highest BCUT2D eigenvalue weighted by molar-refractivity contribution is 5.66. The summed E-state index contributed by atoms with van der Waals surface area (Å²) in [6.45, 7) is 6.23. The molecule has 156 valence electrons. The van der Waals surface area contributed by atoms with Crippen LogP contribution in [0, 0.1) is 17.3 Å². The van der Waals surface area contributed by atoms with Gasteiger partial charge in [0.05, 0.1) is 18.3 Å². The van der Waals surface area contributed by atoms with Crippen molar-refractivity contribution in [2.45, 2.75) is 90.4 Å². The monoisotopic (exact) mass is 382 g/mol. The van der Waals surface area contributed by atoms with Gasteiger partial charge in [-0.2, -0.15) is 0 Å². The molecule has 1 aliphatic rings. The van der Waals surface area contributed by atoms with E-state index in [2.05, 4.69) is 20.8 Å². The number of aliphatic carboxylic acids is 1. The molecule has 1 fully saturated rings. The molecule has 0 aliphatic heterocycles. The molecular weight excluding hydrogens is 344 g/mol. The van der Waals surface area contributed by atoms with Gasteiger partial charge in [0.15, 0.2) is 0 Å². The van der Waals surface area contributed by atoms with E-state index in [1.165, 1.54) is 0 Å². The van der Waals surface area contributed by atoms with Gasteiger partial charge < -0.3 is 20.4 Å². The van der Waals surface area contributed by atoms with Gasteiger partial charge in [0, 0.05) is 18.8 Å². The number of hydrogen-bond acceptors (Lipinski definition) is 4. The topological polar surface area (TPSA) is 98.0 Å². The summed E-state index contributed by atoms with van der Waals surface area (Å²) in [6, 6.07) is 0. The zero-order chi connectivity index (χ0) is 20.4. The highest BCUT2D eigenvalue weighted by Crippen LogP contribution is 2.37. The number of carbonyl (C=O) groups is 1. The molecule has 5 heteroatoms. The predicted octanol–water partition coefficient (Wildman–Crippen LogP) is 3.68. The zero-order valence-corrected chi connectivity index (χ0v) is 17.1. The molecule has 0 aromatic heterocycles. The minimum atomic E-state index is -0.789. The van der Waals surface area contributed by atoms with Crippen LogP contribution in [0.25, 0.3) is 0 Å². The molecule has 0 amide bonds. The summed E-state index contributed by atoms with van der Waals surface area (Å²) in [4.78, 5) is 10.5. The minimum absolute atomic E-state index is 0.0853. The van der Waals surface area contributed by atoms with Gasteiger partial charge in [-0.3, -0.25) is 4.79 Å². The van der Waals surface area contributed by atoms with Crippen molar-refractivity contribution in [2.24, 2.45) is 17.3 Å². The maximum atomic E-state index is 10.5. The molecule has 0 heterocycles. The van der Waals surface area contributed by atoms with Crippen LogP contribution >= 0.6 is 0 Å². The Bertz CT molecular complexity index is 497. The summed E-state index contributed by atoms with van der Waals surface area (Å²) < 4.78 is 0. The molecule has 1 aliphatic carbocycles. The van der Waals surface area contributed by atoms with Gasteiger partial charge in [-0.15, -0.1) is 0 Å². The Kier molecular flexibility index (Phi) is 10.3. The number of aliphatic hydroxyl groups is 3. The van der Waals surface area contributed by atoms with Crippen LogP contribution in [-0.4, -0.2) is 44.7 Å². The number of hydrogen-bond donors (Lipinski definition) is 4. The van der Waals surface area contributed by atoms with Crippen LogP contribution in [0.4, 0.5) is 0 Å². The van der Waals surface area contributed by atoms with Crippen LogP contribution in [0.15, 0.2) is 24.3 Å². The van der Waals surface area contributed by atoms with Crippen molar-refractivity contribution in [3.63, 3.8) is 0 Å². The summed E-state index contributed by atoms with van der Waals surface area (Å²) in [5.41, 5.74) is -0.214. The highest BCUT2D eigenvalue weighted by Gasteiger charge is 2.39. The normalized spacial score (nSPS) is 27.6. The average Bonchev–Trinajstić information content (AvgIpc) is 2.86. The highest BCUT2D eigenvalue weighted by atomic mass is 16.4. The first-order valence-corrected chi connectivity index (χ1v) is 10.3. The number of allylic oxidation sites excluding steroid dienone is 2. The fourth-order valence-electron chi connectivity index (χ4n) is 3.72. The summed E-state index contributed by atoms with van der Waals surface area (Å²) in [5, 5.41) is 39.7. The molecular formula is C22H38O5. The zero-order valence-electron chi connectivity index (χ0n) is 17.1. The van der Waals surface area contributed by atoms with Gasteiger partial charge in [0.1, 0.15) is 0 Å². The fourth-order valence-corrected chi connectivity index (χ4v) is 3.72. The van der Waals surface area contributed by atoms with Gasteiger partial charge in [-0.25, -0.2) is 0 Å². The second-order valence-corrected chi connectivity index (χ2v) is 8.53. The summed E-state index contributed by atoms with van der Waals surface area (Å²) in [7, 11) is 0. The third-order valence-electron chi connectivity index (χ3n) is 5.74. The molecule has 1 saturated carbocycles. The van der Waals surface area contributed by atoms with Crippen LogP contribution in [0.3, 0.4) is 0 Å². The van der Waals surface area contributed by atoms with Crippen molar-refractivity contribution in [2.75, 3.05) is 0 Å². The second kappa shape index (κ2) is 11.6. The minimum Gasteiger partial charge on any atom is -0.481 e. The molecule has 4 N–H and O–H groups in total. The van der Waals surface area contributed by atoms with Crippen molar-refractivity contribution < 1.29 is 25.2 Å². The molecule has 0 bridgehead atoms. The summed E-state index contributed by atoms with van der Waals surface area (Å²) in [6.07, 6.45) is 11.4. The average molecular weight is 383 g/mol. The number of aliphatic hydroxyl groups excluding tert-OH is 3. The van der Waals surface area contributed by atoms with E-state index in [1.54, 1.807) is 6.08 Å². The number of carboxylic acid groups (broad SMARTS) is 1. The number of carboxylic acids is 1. The smallest absolute Gasteiger partial charge is 0.303 e. The Hall–Kier alpha value is -1.17. The van der Waals surface area contributed by atoms with Gasteiger partial charge in [0.2, 0.25) is 0 Å². The van der Waals surface area contributed by atoms with E-state index in [-0.39, 0.29) is 23.7 Å². The van der Waals surface area contributed by atoms with E-state index >= 15 is 0 Å². The van der Waals surface area contributed by atoms with Crippen molar-refractivity contribution in [1.82, 2.24) is 0 Å². The molecule has 0 unspecified atom stereocenters. The SMILES string of the molecule is CCCCC(C)(C)[C@H](O)C=C[C@@H]1[C@@H](CC=CCCCC(=O)O)[C@H](O)C[C@H]1O. The van der Waals surface area contributed by atoms with E-state index < -0.39 is 24.3 Å². The quantitative estimate of drug-likeness (QED) is 0.305. The van der Waals surface area contributed by atoms with Crippen LogP contribution in [0.2, 0.25) is 0 Å². The Morgan fingerprint density at radius 3 is 2.52 bits per heavy atom. The molecule has 0 saturated heterocycles. The first-order valence-electron chi connectivity index (χ1n) is 10.3. The molecule has 5 nitrogen and oxygen atoms in total. The lowest BCUT2D eigenvalue weighted by atomic mass is 9.80. The van der Waals surface area contributed by atoms with Crippen molar-refractivity contribution in [3.05, 3.63) is 24.3 Å². The Balaban J connectivity index is 2.62. The Morgan fingerprint density at radius 1 is 1.19 bits per heavy atom. The van der Waals surface area contributed by atoms with Crippen LogP contribution in [0.1, 0.15) is 72.1 Å². The lowest BCUT2D eigenvalue weighted by Gasteiger charge is -2.29. The third kappa shape index (κ3) is 8.16. The van der Waals surface area contributed by atoms with E-state index in [9.17, 15) is 20.1 Å². The number of unbranched alkanes of at least 4 members (excludes halogenated alkanes) is 2. The van der Waals surface area contributed by atoms with E-state index in [4.69, 9.17) is 5.11 Å². The predicted molar refractivity (Wildman–Crippen MR) is 107 cm³/mol. The van der Waals surface area contributed by atoms with Crippen LogP contribution in [-0.2, 0) is 4.79 Å². The third-order valence-corrected chi connectivity index (χ3v) is 5.74. The summed E-state index contributed by atoms with van der Waals surface area (Å²) >= 11 is 0. The van der Waals surface area contributed by atoms with Crippen molar-refractivity contribution in [1.29, 1.82) is 0 Å². The first-order chi connectivity index (χ1) is 12.7. The summed E-state index contributed by atoms with van der Waals surface area (Å²) in [5.74, 6) is -1.05. The molecule has 5 atom stereocenters.